The average Bonchev–Trinajstić information content (AvgIpc) is 2.54. The van der Waals surface area contributed by atoms with Crippen molar-refractivity contribution in [3.05, 3.63) is 54.2 Å². The van der Waals surface area contributed by atoms with Crippen LogP contribution in [0.5, 0.6) is 0 Å². The van der Waals surface area contributed by atoms with Crippen molar-refractivity contribution in [3.8, 4) is 17.3 Å². The molecule has 4 N–H and O–H groups in total. The first-order valence-corrected chi connectivity index (χ1v) is 6.82. The molecule has 0 radical (unpaired) electrons. The lowest BCUT2D eigenvalue weighted by atomic mass is 10.1. The Hall–Kier alpha value is -2.26. The van der Waals surface area contributed by atoms with Crippen LogP contribution in [0.2, 0.25) is 0 Å². The molecule has 0 amide bonds. The summed E-state index contributed by atoms with van der Waals surface area (Å²) in [6.45, 7) is 1.37. The Morgan fingerprint density at radius 3 is 2.52 bits per heavy atom. The number of rotatable bonds is 6. The molecule has 2 aromatic rings. The van der Waals surface area contributed by atoms with Crippen LogP contribution in [0.3, 0.4) is 0 Å². The molecule has 0 saturated heterocycles. The second-order valence-corrected chi connectivity index (χ2v) is 4.90. The summed E-state index contributed by atoms with van der Waals surface area (Å²) in [5.74, 6) is 5.69. The Morgan fingerprint density at radius 1 is 1.19 bits per heavy atom. The van der Waals surface area contributed by atoms with E-state index in [1.165, 1.54) is 0 Å². The van der Waals surface area contributed by atoms with Crippen LogP contribution in [-0.2, 0) is 6.54 Å². The van der Waals surface area contributed by atoms with Gasteiger partial charge in [-0.15, -0.1) is 0 Å². The van der Waals surface area contributed by atoms with E-state index < -0.39 is 0 Å². The molecule has 0 aliphatic heterocycles. The molecule has 0 spiro atoms. The molecule has 0 unspecified atom stereocenters. The van der Waals surface area contributed by atoms with Crippen LogP contribution < -0.4 is 11.6 Å². The fraction of sp³-hybridized carbons (Fsp3) is 0.250. The third kappa shape index (κ3) is 4.36. The van der Waals surface area contributed by atoms with Gasteiger partial charge in [0.2, 0.25) is 0 Å². The molecular formula is C16H19N5. The standard InChI is InChI=1S/C16H19N5/c17-9-14(10-18)12-21(19)11-13-4-6-15(7-5-13)16-3-1-2-8-20-16/h1-8,14H,9,11-12,17,19H2/t14-/m0/s1. The van der Waals surface area contributed by atoms with E-state index in [-0.39, 0.29) is 5.92 Å². The molecule has 0 aliphatic carbocycles. The number of hydrazine groups is 1. The lowest BCUT2D eigenvalue weighted by Gasteiger charge is -2.18. The maximum atomic E-state index is 8.88. The lowest BCUT2D eigenvalue weighted by molar-refractivity contribution is 0.251. The van der Waals surface area contributed by atoms with Gasteiger partial charge in [0.25, 0.3) is 0 Å². The molecular weight excluding hydrogens is 262 g/mol. The zero-order valence-corrected chi connectivity index (χ0v) is 11.8. The molecule has 5 heteroatoms. The molecule has 0 bridgehead atoms. The number of benzene rings is 1. The van der Waals surface area contributed by atoms with Crippen LogP contribution in [0.4, 0.5) is 0 Å². The monoisotopic (exact) mass is 281 g/mol. The number of nitriles is 1. The van der Waals surface area contributed by atoms with Gasteiger partial charge in [-0.05, 0) is 17.7 Å². The van der Waals surface area contributed by atoms with Crippen molar-refractivity contribution in [2.75, 3.05) is 13.1 Å². The molecule has 108 valence electrons. The van der Waals surface area contributed by atoms with Crippen molar-refractivity contribution in [1.82, 2.24) is 9.99 Å². The van der Waals surface area contributed by atoms with Gasteiger partial charge >= 0.3 is 0 Å². The highest BCUT2D eigenvalue weighted by Gasteiger charge is 2.09. The summed E-state index contributed by atoms with van der Waals surface area (Å²) >= 11 is 0. The fourth-order valence-corrected chi connectivity index (χ4v) is 2.06. The fourth-order valence-electron chi connectivity index (χ4n) is 2.06. The minimum atomic E-state index is -0.234. The smallest absolute Gasteiger partial charge is 0.0726 e. The summed E-state index contributed by atoms with van der Waals surface area (Å²) in [6.07, 6.45) is 1.78. The highest BCUT2D eigenvalue weighted by atomic mass is 15.4. The van der Waals surface area contributed by atoms with E-state index in [9.17, 15) is 0 Å². The third-order valence-electron chi connectivity index (χ3n) is 3.22. The third-order valence-corrected chi connectivity index (χ3v) is 3.22. The van der Waals surface area contributed by atoms with Gasteiger partial charge in [0.05, 0.1) is 17.7 Å². The minimum Gasteiger partial charge on any atom is -0.329 e. The highest BCUT2D eigenvalue weighted by molar-refractivity contribution is 5.58. The Bertz CT molecular complexity index is 588. The predicted octanol–water partition coefficient (Wildman–Crippen LogP) is 1.52. The molecule has 0 fully saturated rings. The van der Waals surface area contributed by atoms with Crippen molar-refractivity contribution < 1.29 is 0 Å². The molecule has 2 rings (SSSR count). The first-order valence-electron chi connectivity index (χ1n) is 6.82. The van der Waals surface area contributed by atoms with Crippen molar-refractivity contribution >= 4 is 0 Å². The Morgan fingerprint density at radius 2 is 1.95 bits per heavy atom. The second-order valence-electron chi connectivity index (χ2n) is 4.90. The predicted molar refractivity (Wildman–Crippen MR) is 82.4 cm³/mol. The molecule has 5 nitrogen and oxygen atoms in total. The Balaban J connectivity index is 1.98. The van der Waals surface area contributed by atoms with Gasteiger partial charge in [-0.1, -0.05) is 30.3 Å². The zero-order chi connectivity index (χ0) is 15.1. The normalized spacial score (nSPS) is 12.1. The average molecular weight is 281 g/mol. The van der Waals surface area contributed by atoms with Crippen LogP contribution in [-0.4, -0.2) is 23.1 Å². The highest BCUT2D eigenvalue weighted by Crippen LogP contribution is 2.17. The topological polar surface area (TPSA) is 92.0 Å². The van der Waals surface area contributed by atoms with Gasteiger partial charge in [0.1, 0.15) is 0 Å². The molecule has 21 heavy (non-hydrogen) atoms. The van der Waals surface area contributed by atoms with Gasteiger partial charge in [0, 0.05) is 31.4 Å². The zero-order valence-electron chi connectivity index (χ0n) is 11.8. The van der Waals surface area contributed by atoms with Gasteiger partial charge in [0.15, 0.2) is 0 Å². The summed E-state index contributed by atoms with van der Waals surface area (Å²) in [5, 5.41) is 10.5. The van der Waals surface area contributed by atoms with Crippen LogP contribution in [0.1, 0.15) is 5.56 Å². The number of nitrogens with zero attached hydrogens (tertiary/aromatic N) is 3. The minimum absolute atomic E-state index is 0.234. The molecule has 1 aromatic heterocycles. The molecule has 1 aromatic carbocycles. The maximum absolute atomic E-state index is 8.88. The van der Waals surface area contributed by atoms with E-state index in [0.29, 0.717) is 19.6 Å². The SMILES string of the molecule is N#C[C@H](CN)CN(N)Cc1ccc(-c2ccccn2)cc1. The van der Waals surface area contributed by atoms with Crippen LogP contribution in [0, 0.1) is 17.2 Å². The van der Waals surface area contributed by atoms with Gasteiger partial charge in [-0.3, -0.25) is 10.8 Å². The summed E-state index contributed by atoms with van der Waals surface area (Å²) in [5.41, 5.74) is 8.60. The number of hydrogen-bond donors (Lipinski definition) is 2. The quantitative estimate of drug-likeness (QED) is 0.618. The second kappa shape index (κ2) is 7.50. The summed E-state index contributed by atoms with van der Waals surface area (Å²) < 4.78 is 0. The summed E-state index contributed by atoms with van der Waals surface area (Å²) in [6, 6.07) is 16.1. The van der Waals surface area contributed by atoms with Gasteiger partial charge in [-0.2, -0.15) is 5.26 Å². The molecule has 0 saturated carbocycles. The van der Waals surface area contributed by atoms with Crippen molar-refractivity contribution in [2.45, 2.75) is 6.54 Å². The van der Waals surface area contributed by atoms with Crippen molar-refractivity contribution in [3.63, 3.8) is 0 Å². The molecule has 0 aliphatic rings. The lowest BCUT2D eigenvalue weighted by Crippen LogP contribution is -2.37. The van der Waals surface area contributed by atoms with E-state index >= 15 is 0 Å². The van der Waals surface area contributed by atoms with E-state index in [4.69, 9.17) is 16.8 Å². The van der Waals surface area contributed by atoms with E-state index in [0.717, 1.165) is 16.8 Å². The first kappa shape index (κ1) is 15.1. The molecule has 1 heterocycles. The van der Waals surface area contributed by atoms with E-state index in [1.807, 2.05) is 42.5 Å². The number of hydrogen-bond acceptors (Lipinski definition) is 5. The maximum Gasteiger partial charge on any atom is 0.0726 e. The Labute approximate surface area is 124 Å². The Kier molecular flexibility index (Phi) is 5.41. The number of aromatic nitrogens is 1. The van der Waals surface area contributed by atoms with Gasteiger partial charge < -0.3 is 5.73 Å². The summed E-state index contributed by atoms with van der Waals surface area (Å²) in [4.78, 5) is 4.32. The van der Waals surface area contributed by atoms with E-state index in [2.05, 4.69) is 11.1 Å². The summed E-state index contributed by atoms with van der Waals surface area (Å²) in [7, 11) is 0. The van der Waals surface area contributed by atoms with E-state index in [1.54, 1.807) is 11.2 Å². The molecule has 1 atom stereocenters. The van der Waals surface area contributed by atoms with Crippen molar-refractivity contribution in [1.29, 1.82) is 5.26 Å². The van der Waals surface area contributed by atoms with Crippen molar-refractivity contribution in [2.24, 2.45) is 17.5 Å². The largest absolute Gasteiger partial charge is 0.329 e. The number of pyridine rings is 1. The van der Waals surface area contributed by atoms with Gasteiger partial charge in [-0.25, -0.2) is 5.01 Å². The first-order chi connectivity index (χ1) is 10.2. The van der Waals surface area contributed by atoms with Crippen LogP contribution in [0.25, 0.3) is 11.3 Å². The number of nitrogens with two attached hydrogens (primary N) is 2. The van der Waals surface area contributed by atoms with Crippen LogP contribution in [0.15, 0.2) is 48.7 Å². The van der Waals surface area contributed by atoms with Crippen LogP contribution >= 0.6 is 0 Å².